The minimum absolute atomic E-state index is 0.138. The number of para-hydroxylation sites is 2. The van der Waals surface area contributed by atoms with E-state index >= 15 is 0 Å². The van der Waals surface area contributed by atoms with Gasteiger partial charge in [0, 0.05) is 4.47 Å². The van der Waals surface area contributed by atoms with E-state index in [-0.39, 0.29) is 5.76 Å². The summed E-state index contributed by atoms with van der Waals surface area (Å²) in [5, 5.41) is 0. The Morgan fingerprint density at radius 2 is 1.79 bits per heavy atom. The molecule has 0 aliphatic rings. The molecule has 0 saturated carbocycles. The van der Waals surface area contributed by atoms with Crippen molar-refractivity contribution in [3.63, 3.8) is 0 Å². The normalized spacial score (nSPS) is 11.1. The summed E-state index contributed by atoms with van der Waals surface area (Å²) in [6.07, 6.45) is 1.43. The van der Waals surface area contributed by atoms with Crippen LogP contribution in [-0.2, 0) is 0 Å². The van der Waals surface area contributed by atoms with E-state index in [1.54, 1.807) is 12.1 Å². The van der Waals surface area contributed by atoms with Crippen LogP contribution in [0.2, 0.25) is 0 Å². The van der Waals surface area contributed by atoms with Crippen LogP contribution in [0, 0.1) is 6.92 Å². The van der Waals surface area contributed by atoms with Crippen molar-refractivity contribution in [3.8, 4) is 5.75 Å². The molecule has 0 aliphatic heterocycles. The fraction of sp³-hybridized carbons (Fsp3) is 0.0556. The molecule has 0 amide bonds. The molecule has 0 fully saturated rings. The Morgan fingerprint density at radius 1 is 1.08 bits per heavy atom. The number of esters is 1. The monoisotopic (exact) mass is 382 g/mol. The second-order valence-electron chi connectivity index (χ2n) is 5.28. The average molecular weight is 383 g/mol. The average Bonchev–Trinajstić information content (AvgIpc) is 3.12. The van der Waals surface area contributed by atoms with Crippen molar-refractivity contribution in [2.75, 3.05) is 0 Å². The van der Waals surface area contributed by atoms with Gasteiger partial charge in [-0.25, -0.2) is 14.8 Å². The lowest BCUT2D eigenvalue weighted by molar-refractivity contribution is 0.0702. The van der Waals surface area contributed by atoms with E-state index in [1.807, 2.05) is 37.3 Å². The van der Waals surface area contributed by atoms with Gasteiger partial charge in [0.15, 0.2) is 5.75 Å². The molecule has 0 saturated heterocycles. The number of hydrogen-bond donors (Lipinski definition) is 0. The van der Waals surface area contributed by atoms with Crippen LogP contribution in [-0.4, -0.2) is 15.9 Å². The molecule has 2 heterocycles. The van der Waals surface area contributed by atoms with Crippen LogP contribution in [0.15, 0.2) is 57.6 Å². The van der Waals surface area contributed by atoms with Gasteiger partial charge in [-0.15, -0.1) is 0 Å². The lowest BCUT2D eigenvalue weighted by Gasteiger charge is -2.11. The van der Waals surface area contributed by atoms with Gasteiger partial charge in [-0.2, -0.15) is 0 Å². The predicted molar refractivity (Wildman–Crippen MR) is 93.1 cm³/mol. The first-order valence-corrected chi connectivity index (χ1v) is 8.04. The third-order valence-corrected chi connectivity index (χ3v) is 4.23. The van der Waals surface area contributed by atoms with Crippen LogP contribution in [0.25, 0.3) is 22.1 Å². The summed E-state index contributed by atoms with van der Waals surface area (Å²) in [6.45, 7) is 1.85. The molecule has 0 unspecified atom stereocenters. The lowest BCUT2D eigenvalue weighted by atomic mass is 10.1. The largest absolute Gasteiger partial charge is 0.457 e. The van der Waals surface area contributed by atoms with E-state index < -0.39 is 5.97 Å². The number of aryl methyl sites for hydroxylation is 1. The quantitative estimate of drug-likeness (QED) is 0.286. The van der Waals surface area contributed by atoms with E-state index in [9.17, 15) is 4.79 Å². The van der Waals surface area contributed by atoms with Crippen LogP contribution in [0.1, 0.15) is 16.1 Å². The molecule has 4 aromatic rings. The molecule has 0 N–H and O–H groups in total. The fourth-order valence-corrected chi connectivity index (χ4v) is 3.12. The highest BCUT2D eigenvalue weighted by molar-refractivity contribution is 9.10. The summed E-state index contributed by atoms with van der Waals surface area (Å²) >= 11 is 3.51. The molecule has 24 heavy (non-hydrogen) atoms. The van der Waals surface area contributed by atoms with Gasteiger partial charge in [0.25, 0.3) is 0 Å². The maximum atomic E-state index is 12.2. The number of benzene rings is 2. The Kier molecular flexibility index (Phi) is 3.54. The summed E-state index contributed by atoms with van der Waals surface area (Å²) < 4.78 is 11.4. The van der Waals surface area contributed by atoms with Crippen LogP contribution in [0.4, 0.5) is 0 Å². The second-order valence-corrected chi connectivity index (χ2v) is 6.14. The smallest absolute Gasteiger partial charge is 0.379 e. The van der Waals surface area contributed by atoms with Gasteiger partial charge >= 0.3 is 5.97 Å². The molecular formula is C18H11BrN2O3. The predicted octanol–water partition coefficient (Wildman–Crippen LogP) is 4.67. The number of fused-ring (bicyclic) bond motifs is 2. The van der Waals surface area contributed by atoms with Gasteiger partial charge < -0.3 is 9.15 Å². The maximum Gasteiger partial charge on any atom is 0.379 e. The molecule has 5 nitrogen and oxygen atoms in total. The Balaban J connectivity index is 1.93. The molecule has 0 bridgehead atoms. The first-order chi connectivity index (χ1) is 11.6. The van der Waals surface area contributed by atoms with Gasteiger partial charge in [-0.05, 0) is 58.7 Å². The summed E-state index contributed by atoms with van der Waals surface area (Å²) in [4.78, 5) is 21.5. The van der Waals surface area contributed by atoms with Gasteiger partial charge in [0.1, 0.15) is 11.0 Å². The van der Waals surface area contributed by atoms with Gasteiger partial charge in [-0.3, -0.25) is 0 Å². The highest BCUT2D eigenvalue weighted by Crippen LogP contribution is 2.34. The fourth-order valence-electron chi connectivity index (χ4n) is 2.50. The molecule has 0 spiro atoms. The lowest BCUT2D eigenvalue weighted by Crippen LogP contribution is -2.09. The summed E-state index contributed by atoms with van der Waals surface area (Å²) in [5.41, 5.74) is 3.46. The molecule has 4 rings (SSSR count). The van der Waals surface area contributed by atoms with E-state index in [4.69, 9.17) is 9.15 Å². The standard InChI is InChI=1S/C18H11BrN2O3/c1-10-9-11(19)15-16(21-13-6-3-2-5-12(13)20-15)17(10)24-18(22)14-7-4-8-23-14/h2-9H,1H3. The van der Waals surface area contributed by atoms with Crippen molar-refractivity contribution in [2.24, 2.45) is 0 Å². The molecule has 0 aliphatic carbocycles. The number of carbonyl (C=O) groups is 1. The third-order valence-electron chi connectivity index (χ3n) is 3.63. The van der Waals surface area contributed by atoms with Gasteiger partial charge in [-0.1, -0.05) is 12.1 Å². The molecule has 0 atom stereocenters. The number of halogens is 1. The molecule has 118 valence electrons. The van der Waals surface area contributed by atoms with Crippen molar-refractivity contribution in [2.45, 2.75) is 6.92 Å². The minimum atomic E-state index is -0.568. The summed E-state index contributed by atoms with van der Waals surface area (Å²) in [7, 11) is 0. The topological polar surface area (TPSA) is 65.2 Å². The first kappa shape index (κ1) is 14.8. The number of nitrogens with zero attached hydrogens (tertiary/aromatic N) is 2. The van der Waals surface area contributed by atoms with Crippen molar-refractivity contribution in [3.05, 3.63) is 64.5 Å². The minimum Gasteiger partial charge on any atom is -0.457 e. The number of carbonyl (C=O) groups excluding carboxylic acids is 1. The first-order valence-electron chi connectivity index (χ1n) is 7.25. The van der Waals surface area contributed by atoms with E-state index in [2.05, 4.69) is 25.9 Å². The van der Waals surface area contributed by atoms with Crippen molar-refractivity contribution >= 4 is 44.0 Å². The zero-order valence-electron chi connectivity index (χ0n) is 12.6. The van der Waals surface area contributed by atoms with Crippen LogP contribution < -0.4 is 4.74 Å². The molecule has 0 radical (unpaired) electrons. The van der Waals surface area contributed by atoms with Gasteiger partial charge in [0.05, 0.1) is 17.3 Å². The second kappa shape index (κ2) is 5.72. The van der Waals surface area contributed by atoms with Gasteiger partial charge in [0.2, 0.25) is 5.76 Å². The van der Waals surface area contributed by atoms with E-state index in [0.717, 1.165) is 21.1 Å². The number of rotatable bonds is 2. The molecule has 2 aromatic heterocycles. The molecular weight excluding hydrogens is 372 g/mol. The van der Waals surface area contributed by atoms with Crippen LogP contribution >= 0.6 is 15.9 Å². The Labute approximate surface area is 145 Å². The number of furan rings is 1. The molecule has 6 heteroatoms. The zero-order valence-corrected chi connectivity index (χ0v) is 14.2. The number of aromatic nitrogens is 2. The third kappa shape index (κ3) is 2.45. The van der Waals surface area contributed by atoms with Crippen molar-refractivity contribution in [1.82, 2.24) is 9.97 Å². The Bertz CT molecular complexity index is 1070. The van der Waals surface area contributed by atoms with Crippen LogP contribution in [0.3, 0.4) is 0 Å². The highest BCUT2D eigenvalue weighted by Gasteiger charge is 2.19. The SMILES string of the molecule is Cc1cc(Br)c2nc3ccccc3nc2c1OC(=O)c1ccco1. The van der Waals surface area contributed by atoms with E-state index in [0.29, 0.717) is 16.8 Å². The van der Waals surface area contributed by atoms with Crippen molar-refractivity contribution in [1.29, 1.82) is 0 Å². The van der Waals surface area contributed by atoms with E-state index in [1.165, 1.54) is 6.26 Å². The van der Waals surface area contributed by atoms with Crippen LogP contribution in [0.5, 0.6) is 5.75 Å². The number of hydrogen-bond acceptors (Lipinski definition) is 5. The Morgan fingerprint density at radius 3 is 2.46 bits per heavy atom. The summed E-state index contributed by atoms with van der Waals surface area (Å²) in [5.74, 6) is -0.0475. The molecule has 2 aromatic carbocycles. The maximum absolute atomic E-state index is 12.2. The van der Waals surface area contributed by atoms with Crippen molar-refractivity contribution < 1.29 is 13.9 Å². The summed E-state index contributed by atoms with van der Waals surface area (Å²) in [6, 6.07) is 12.6. The highest BCUT2D eigenvalue weighted by atomic mass is 79.9. The zero-order chi connectivity index (χ0) is 16.7. The Hall–Kier alpha value is -2.73. The number of ether oxygens (including phenoxy) is 1.